The molecular weight excluding hydrogens is 294 g/mol. The van der Waals surface area contributed by atoms with Crippen molar-refractivity contribution in [1.82, 2.24) is 0 Å². The largest absolute Gasteiger partial charge is 0.545 e. The van der Waals surface area contributed by atoms with Crippen LogP contribution in [-0.4, -0.2) is 17.8 Å². The SMILES string of the molecule is O=C([O-])c1cccc(N2C(=O)[C@@H]3[C@H]4C=C[C@H]([C@H]5C[C@H]45)[C@@H]3C2=O)c1. The fourth-order valence-electron chi connectivity index (χ4n) is 4.98. The van der Waals surface area contributed by atoms with Gasteiger partial charge in [-0.15, -0.1) is 0 Å². The second kappa shape index (κ2) is 4.10. The van der Waals surface area contributed by atoms with Gasteiger partial charge in [0, 0.05) is 0 Å². The van der Waals surface area contributed by atoms with Gasteiger partial charge in [0.1, 0.15) is 0 Å². The summed E-state index contributed by atoms with van der Waals surface area (Å²) in [5.41, 5.74) is 0.311. The number of benzene rings is 1. The molecule has 0 spiro atoms. The van der Waals surface area contributed by atoms with Crippen molar-refractivity contribution in [2.75, 3.05) is 4.90 Å². The third-order valence-electron chi connectivity index (χ3n) is 6.00. The average Bonchev–Trinajstić information content (AvgIpc) is 3.32. The van der Waals surface area contributed by atoms with Crippen LogP contribution in [0.15, 0.2) is 36.4 Å². The van der Waals surface area contributed by atoms with E-state index >= 15 is 0 Å². The number of carboxylic acids is 1. The molecule has 6 atom stereocenters. The van der Waals surface area contributed by atoms with Crippen LogP contribution in [-0.2, 0) is 9.59 Å². The highest BCUT2D eigenvalue weighted by Gasteiger charge is 2.67. The number of rotatable bonds is 2. The molecule has 5 nitrogen and oxygen atoms in total. The zero-order chi connectivity index (χ0) is 15.9. The molecule has 5 heteroatoms. The van der Waals surface area contributed by atoms with Gasteiger partial charge >= 0.3 is 0 Å². The van der Waals surface area contributed by atoms with E-state index in [-0.39, 0.29) is 41.0 Å². The molecule has 2 amide bonds. The van der Waals surface area contributed by atoms with Crippen LogP contribution in [0.2, 0.25) is 0 Å². The number of amides is 2. The highest BCUT2D eigenvalue weighted by atomic mass is 16.4. The van der Waals surface area contributed by atoms with Gasteiger partial charge in [0.25, 0.3) is 0 Å². The third kappa shape index (κ3) is 1.54. The monoisotopic (exact) mass is 308 g/mol. The van der Waals surface area contributed by atoms with Crippen LogP contribution in [0, 0.1) is 35.5 Å². The fourth-order valence-corrected chi connectivity index (χ4v) is 4.98. The summed E-state index contributed by atoms with van der Waals surface area (Å²) in [5, 5.41) is 11.0. The molecule has 0 N–H and O–H groups in total. The Morgan fingerprint density at radius 1 is 1.04 bits per heavy atom. The Bertz CT molecular complexity index is 762. The first kappa shape index (κ1) is 13.0. The molecule has 1 aliphatic heterocycles. The number of imide groups is 1. The van der Waals surface area contributed by atoms with Crippen LogP contribution in [0.1, 0.15) is 16.8 Å². The molecule has 2 saturated carbocycles. The third-order valence-corrected chi connectivity index (χ3v) is 6.00. The number of anilines is 1. The summed E-state index contributed by atoms with van der Waals surface area (Å²) in [6.07, 6.45) is 5.36. The fraction of sp³-hybridized carbons (Fsp3) is 0.389. The molecule has 0 unspecified atom stereocenters. The molecule has 3 fully saturated rings. The standard InChI is InChI=1S/C18H15NO4/c20-16-14-10-4-5-11(13-7-12(10)13)15(14)17(21)19(16)9-3-1-2-8(6-9)18(22)23/h1-6,10-15H,7H2,(H,22,23)/p-1/t10-,11+,12-,13-,14+,15-/m1/s1. The summed E-state index contributed by atoms with van der Waals surface area (Å²) >= 11 is 0. The van der Waals surface area contributed by atoms with Crippen molar-refractivity contribution in [3.05, 3.63) is 42.0 Å². The zero-order valence-corrected chi connectivity index (χ0v) is 12.2. The Kier molecular flexibility index (Phi) is 2.33. The predicted octanol–water partition coefficient (Wildman–Crippen LogP) is 0.608. The predicted molar refractivity (Wildman–Crippen MR) is 78.0 cm³/mol. The summed E-state index contributed by atoms with van der Waals surface area (Å²) in [6.45, 7) is 0. The van der Waals surface area contributed by atoms with E-state index in [1.54, 1.807) is 6.07 Å². The molecule has 0 aromatic heterocycles. The van der Waals surface area contributed by atoms with Gasteiger partial charge < -0.3 is 9.90 Å². The Hall–Kier alpha value is -2.43. The van der Waals surface area contributed by atoms with Gasteiger partial charge in [0.05, 0.1) is 23.5 Å². The van der Waals surface area contributed by atoms with Gasteiger partial charge in [-0.05, 0) is 47.8 Å². The highest BCUT2D eigenvalue weighted by molar-refractivity contribution is 6.22. The van der Waals surface area contributed by atoms with Gasteiger partial charge in [0.15, 0.2) is 0 Å². The van der Waals surface area contributed by atoms with Crippen LogP contribution < -0.4 is 10.0 Å². The minimum Gasteiger partial charge on any atom is -0.545 e. The molecule has 1 aromatic rings. The molecule has 1 heterocycles. The number of hydrogen-bond acceptors (Lipinski definition) is 4. The van der Waals surface area contributed by atoms with Crippen molar-refractivity contribution in [2.24, 2.45) is 35.5 Å². The molecule has 2 bridgehead atoms. The van der Waals surface area contributed by atoms with Crippen LogP contribution in [0.25, 0.3) is 0 Å². The van der Waals surface area contributed by atoms with Crippen LogP contribution >= 0.6 is 0 Å². The number of carbonyl (C=O) groups excluding carboxylic acids is 3. The number of carboxylic acid groups (broad SMARTS) is 1. The van der Waals surface area contributed by atoms with Gasteiger partial charge in [-0.25, -0.2) is 4.90 Å². The Morgan fingerprint density at radius 2 is 1.65 bits per heavy atom. The van der Waals surface area contributed by atoms with Crippen LogP contribution in [0.3, 0.4) is 0 Å². The maximum atomic E-state index is 12.9. The molecule has 23 heavy (non-hydrogen) atoms. The summed E-state index contributed by atoms with van der Waals surface area (Å²) in [5.74, 6) is -0.774. The molecular formula is C18H14NO4-. The zero-order valence-electron chi connectivity index (χ0n) is 12.2. The Balaban J connectivity index is 1.57. The number of allylic oxidation sites excluding steroid dienone is 2. The van der Waals surface area contributed by atoms with E-state index in [0.717, 1.165) is 6.42 Å². The molecule has 6 rings (SSSR count). The first-order valence-electron chi connectivity index (χ1n) is 7.95. The van der Waals surface area contributed by atoms with E-state index in [1.165, 1.54) is 23.1 Å². The second-order valence-corrected chi connectivity index (χ2v) is 7.00. The van der Waals surface area contributed by atoms with E-state index in [9.17, 15) is 19.5 Å². The Labute approximate surface area is 132 Å². The molecule has 5 aliphatic rings. The quantitative estimate of drug-likeness (QED) is 0.592. The first-order valence-corrected chi connectivity index (χ1v) is 7.95. The lowest BCUT2D eigenvalue weighted by molar-refractivity contribution is -0.255. The second-order valence-electron chi connectivity index (χ2n) is 7.00. The van der Waals surface area contributed by atoms with E-state index in [4.69, 9.17) is 0 Å². The highest BCUT2D eigenvalue weighted by Crippen LogP contribution is 2.65. The summed E-state index contributed by atoms with van der Waals surface area (Å²) in [7, 11) is 0. The van der Waals surface area contributed by atoms with Crippen molar-refractivity contribution in [3.8, 4) is 0 Å². The molecule has 0 radical (unpaired) electrons. The van der Waals surface area contributed by atoms with E-state index < -0.39 is 5.97 Å². The number of aromatic carboxylic acids is 1. The molecule has 116 valence electrons. The molecule has 1 aromatic carbocycles. The van der Waals surface area contributed by atoms with Gasteiger partial charge in [-0.2, -0.15) is 0 Å². The summed E-state index contributed by atoms with van der Waals surface area (Å²) in [6, 6.07) is 5.89. The topological polar surface area (TPSA) is 77.5 Å². The maximum absolute atomic E-state index is 12.9. The van der Waals surface area contributed by atoms with Crippen molar-refractivity contribution >= 4 is 23.5 Å². The average molecular weight is 308 g/mol. The number of carbonyl (C=O) groups is 3. The lowest BCUT2D eigenvalue weighted by Gasteiger charge is -2.37. The maximum Gasteiger partial charge on any atom is 0.238 e. The van der Waals surface area contributed by atoms with E-state index in [1.807, 2.05) is 0 Å². The minimum absolute atomic E-state index is 0.0260. The smallest absolute Gasteiger partial charge is 0.238 e. The van der Waals surface area contributed by atoms with E-state index in [0.29, 0.717) is 17.5 Å². The minimum atomic E-state index is -1.31. The lowest BCUT2D eigenvalue weighted by Crippen LogP contribution is -2.40. The van der Waals surface area contributed by atoms with Crippen molar-refractivity contribution in [1.29, 1.82) is 0 Å². The first-order chi connectivity index (χ1) is 11.1. The van der Waals surface area contributed by atoms with Gasteiger partial charge in [-0.1, -0.05) is 24.3 Å². The van der Waals surface area contributed by atoms with Gasteiger partial charge in [-0.3, -0.25) is 9.59 Å². The van der Waals surface area contributed by atoms with E-state index in [2.05, 4.69) is 12.2 Å². The summed E-state index contributed by atoms with van der Waals surface area (Å²) in [4.78, 5) is 38.0. The van der Waals surface area contributed by atoms with Crippen LogP contribution in [0.4, 0.5) is 5.69 Å². The van der Waals surface area contributed by atoms with Crippen LogP contribution in [0.5, 0.6) is 0 Å². The van der Waals surface area contributed by atoms with Gasteiger partial charge in [0.2, 0.25) is 11.8 Å². The molecule has 4 aliphatic carbocycles. The lowest BCUT2D eigenvalue weighted by atomic mass is 9.63. The molecule has 1 saturated heterocycles. The number of hydrogen-bond donors (Lipinski definition) is 0. The number of nitrogens with zero attached hydrogens (tertiary/aromatic N) is 1. The van der Waals surface area contributed by atoms with Crippen molar-refractivity contribution < 1.29 is 19.5 Å². The summed E-state index contributed by atoms with van der Waals surface area (Å²) < 4.78 is 0. The van der Waals surface area contributed by atoms with Crippen molar-refractivity contribution in [3.63, 3.8) is 0 Å². The normalized spacial score (nSPS) is 39.4. The van der Waals surface area contributed by atoms with Crippen molar-refractivity contribution in [2.45, 2.75) is 6.42 Å². The Morgan fingerprint density at radius 3 is 2.22 bits per heavy atom.